The van der Waals surface area contributed by atoms with Gasteiger partial charge >= 0.3 is 0 Å². The predicted octanol–water partition coefficient (Wildman–Crippen LogP) is 4.62. The zero-order valence-corrected chi connectivity index (χ0v) is 18.4. The molecule has 3 rings (SSSR count). The van der Waals surface area contributed by atoms with Crippen molar-refractivity contribution in [2.24, 2.45) is 0 Å². The van der Waals surface area contributed by atoms with Crippen LogP contribution in [0.1, 0.15) is 33.8 Å². The average molecular weight is 451 g/mol. The van der Waals surface area contributed by atoms with Gasteiger partial charge in [0.05, 0.1) is 20.1 Å². The van der Waals surface area contributed by atoms with Crippen LogP contribution in [0.15, 0.2) is 66.7 Å². The highest BCUT2D eigenvalue weighted by atomic mass is 16.6. The smallest absolute Gasteiger partial charge is 0.211 e. The summed E-state index contributed by atoms with van der Waals surface area (Å²) in [5.41, 5.74) is 1.88. The lowest BCUT2D eigenvalue weighted by molar-refractivity contribution is -0.483. The third-order valence-corrected chi connectivity index (χ3v) is 5.20. The number of ether oxygens (including phenoxy) is 3. The number of hydrogen-bond donors (Lipinski definition) is 1. The number of methoxy groups -OCH3 is 2. The van der Waals surface area contributed by atoms with Crippen LogP contribution in [0.5, 0.6) is 23.0 Å². The number of carbonyl (C=O) groups excluding carboxylic acids is 1. The number of phenols is 1. The van der Waals surface area contributed by atoms with Gasteiger partial charge in [0.15, 0.2) is 28.8 Å². The fourth-order valence-electron chi connectivity index (χ4n) is 3.45. The summed E-state index contributed by atoms with van der Waals surface area (Å²) in [4.78, 5) is 23.7. The second kappa shape index (κ2) is 11.0. The van der Waals surface area contributed by atoms with Crippen molar-refractivity contribution in [3.63, 3.8) is 0 Å². The summed E-state index contributed by atoms with van der Waals surface area (Å²) in [7, 11) is 2.87. The lowest BCUT2D eigenvalue weighted by Gasteiger charge is -2.17. The van der Waals surface area contributed by atoms with Gasteiger partial charge in [0.25, 0.3) is 0 Å². The molecule has 0 aliphatic heterocycles. The SMILES string of the molecule is COc1cc(C(=O)CC(C[N+](=O)[O-])c2ccc(OCc3ccccc3)c(OC)c2)ccc1O. The van der Waals surface area contributed by atoms with Gasteiger partial charge in [-0.1, -0.05) is 36.4 Å². The van der Waals surface area contributed by atoms with Crippen molar-refractivity contribution < 1.29 is 29.0 Å². The van der Waals surface area contributed by atoms with Crippen molar-refractivity contribution >= 4 is 5.78 Å². The monoisotopic (exact) mass is 451 g/mol. The molecule has 172 valence electrons. The molecule has 0 aliphatic rings. The topological polar surface area (TPSA) is 108 Å². The zero-order valence-electron chi connectivity index (χ0n) is 18.4. The van der Waals surface area contributed by atoms with E-state index in [9.17, 15) is 20.0 Å². The van der Waals surface area contributed by atoms with Crippen molar-refractivity contribution in [1.29, 1.82) is 0 Å². The maximum absolute atomic E-state index is 12.9. The van der Waals surface area contributed by atoms with Crippen molar-refractivity contribution in [2.75, 3.05) is 20.8 Å². The fraction of sp³-hybridized carbons (Fsp3) is 0.240. The lowest BCUT2D eigenvalue weighted by Crippen LogP contribution is -2.17. The molecule has 33 heavy (non-hydrogen) atoms. The Labute approximate surface area is 191 Å². The molecule has 0 radical (unpaired) electrons. The van der Waals surface area contributed by atoms with Gasteiger partial charge in [-0.3, -0.25) is 14.9 Å². The first kappa shape index (κ1) is 23.6. The fourth-order valence-corrected chi connectivity index (χ4v) is 3.45. The Bertz CT molecular complexity index is 1110. The quantitative estimate of drug-likeness (QED) is 0.257. The average Bonchev–Trinajstić information content (AvgIpc) is 2.82. The summed E-state index contributed by atoms with van der Waals surface area (Å²) in [6, 6.07) is 18.9. The van der Waals surface area contributed by atoms with Crippen LogP contribution in [0.2, 0.25) is 0 Å². The van der Waals surface area contributed by atoms with E-state index in [2.05, 4.69) is 0 Å². The van der Waals surface area contributed by atoms with E-state index < -0.39 is 17.4 Å². The molecule has 0 bridgehead atoms. The molecule has 1 atom stereocenters. The highest BCUT2D eigenvalue weighted by Crippen LogP contribution is 2.34. The summed E-state index contributed by atoms with van der Waals surface area (Å²) in [5, 5.41) is 21.1. The number of hydrogen-bond acceptors (Lipinski definition) is 7. The van der Waals surface area contributed by atoms with E-state index in [0.29, 0.717) is 29.2 Å². The van der Waals surface area contributed by atoms with Gasteiger partial charge in [-0.25, -0.2) is 0 Å². The summed E-state index contributed by atoms with van der Waals surface area (Å²) in [6.07, 6.45) is -0.0950. The number of phenolic OH excluding ortho intramolecular Hbond substituents is 1. The molecular weight excluding hydrogens is 426 g/mol. The van der Waals surface area contributed by atoms with Crippen molar-refractivity contribution in [2.45, 2.75) is 18.9 Å². The van der Waals surface area contributed by atoms with Gasteiger partial charge in [-0.15, -0.1) is 0 Å². The first-order valence-electron chi connectivity index (χ1n) is 10.3. The molecule has 3 aromatic carbocycles. The molecule has 8 heteroatoms. The van der Waals surface area contributed by atoms with Crippen LogP contribution in [0.4, 0.5) is 0 Å². The lowest BCUT2D eigenvalue weighted by atomic mass is 9.91. The highest BCUT2D eigenvalue weighted by Gasteiger charge is 2.24. The second-order valence-electron chi connectivity index (χ2n) is 7.41. The Balaban J connectivity index is 1.81. The number of nitro groups is 1. The van der Waals surface area contributed by atoms with E-state index >= 15 is 0 Å². The number of benzene rings is 3. The van der Waals surface area contributed by atoms with Gasteiger partial charge < -0.3 is 19.3 Å². The second-order valence-corrected chi connectivity index (χ2v) is 7.41. The van der Waals surface area contributed by atoms with Gasteiger partial charge in [0.1, 0.15) is 6.61 Å². The minimum Gasteiger partial charge on any atom is -0.504 e. The van der Waals surface area contributed by atoms with E-state index in [1.54, 1.807) is 18.2 Å². The largest absolute Gasteiger partial charge is 0.504 e. The molecular formula is C25H25NO7. The highest BCUT2D eigenvalue weighted by molar-refractivity contribution is 5.97. The molecule has 8 nitrogen and oxygen atoms in total. The number of Topliss-reactive ketones (excluding diaryl/α,β-unsaturated/α-hetero) is 1. The number of ketones is 1. The number of nitrogens with zero attached hydrogens (tertiary/aromatic N) is 1. The zero-order chi connectivity index (χ0) is 23.8. The molecule has 0 heterocycles. The van der Waals surface area contributed by atoms with Crippen LogP contribution < -0.4 is 14.2 Å². The third kappa shape index (κ3) is 6.22. The van der Waals surface area contributed by atoms with Crippen LogP contribution in [0.3, 0.4) is 0 Å². The Hall–Kier alpha value is -4.07. The summed E-state index contributed by atoms with van der Waals surface area (Å²) in [6.45, 7) is -0.0790. The summed E-state index contributed by atoms with van der Waals surface area (Å²) in [5.74, 6) is 0.0166. The minimum atomic E-state index is -0.677. The number of rotatable bonds is 11. The normalized spacial score (nSPS) is 11.5. The van der Waals surface area contributed by atoms with Gasteiger partial charge in [-0.2, -0.15) is 0 Å². The number of aromatic hydroxyl groups is 1. The minimum absolute atomic E-state index is 0.0910. The molecule has 0 saturated heterocycles. The Morgan fingerprint density at radius 1 is 0.970 bits per heavy atom. The predicted molar refractivity (Wildman–Crippen MR) is 122 cm³/mol. The molecule has 1 N–H and O–H groups in total. The first-order chi connectivity index (χ1) is 15.9. The molecule has 0 fully saturated rings. The molecule has 0 spiro atoms. The van der Waals surface area contributed by atoms with Crippen LogP contribution in [0, 0.1) is 10.1 Å². The molecule has 0 saturated carbocycles. The van der Waals surface area contributed by atoms with E-state index in [1.807, 2.05) is 30.3 Å². The Morgan fingerprint density at radius 3 is 2.36 bits per heavy atom. The van der Waals surface area contributed by atoms with Crippen molar-refractivity contribution in [3.8, 4) is 23.0 Å². The van der Waals surface area contributed by atoms with Gasteiger partial charge in [-0.05, 0) is 41.5 Å². The summed E-state index contributed by atoms with van der Waals surface area (Å²) >= 11 is 0. The molecule has 3 aromatic rings. The van der Waals surface area contributed by atoms with Crippen LogP contribution in [-0.2, 0) is 6.61 Å². The van der Waals surface area contributed by atoms with Gasteiger partial charge in [0, 0.05) is 16.9 Å². The van der Waals surface area contributed by atoms with E-state index in [1.165, 1.54) is 32.4 Å². The van der Waals surface area contributed by atoms with Crippen molar-refractivity contribution in [3.05, 3.63) is 93.5 Å². The molecule has 0 aromatic heterocycles. The first-order valence-corrected chi connectivity index (χ1v) is 10.3. The summed E-state index contributed by atoms with van der Waals surface area (Å²) < 4.78 is 16.3. The molecule has 1 unspecified atom stereocenters. The van der Waals surface area contributed by atoms with Crippen LogP contribution >= 0.6 is 0 Å². The standard InChI is InChI=1S/C25H25NO7/c1-31-24-14-19(8-10-21(24)27)22(28)12-20(15-26(29)30)18-9-11-23(25(13-18)32-2)33-16-17-6-4-3-5-7-17/h3-11,13-14,20,27H,12,15-16H2,1-2H3. The third-order valence-electron chi connectivity index (χ3n) is 5.20. The number of carbonyl (C=O) groups is 1. The van der Waals surface area contributed by atoms with Gasteiger partial charge in [0.2, 0.25) is 6.54 Å². The van der Waals surface area contributed by atoms with E-state index in [-0.39, 0.29) is 23.7 Å². The Morgan fingerprint density at radius 2 is 1.70 bits per heavy atom. The maximum Gasteiger partial charge on any atom is 0.211 e. The van der Waals surface area contributed by atoms with Crippen LogP contribution in [0.25, 0.3) is 0 Å². The maximum atomic E-state index is 12.9. The molecule has 0 aliphatic carbocycles. The van der Waals surface area contributed by atoms with E-state index in [0.717, 1.165) is 5.56 Å². The van der Waals surface area contributed by atoms with Crippen molar-refractivity contribution in [1.82, 2.24) is 0 Å². The van der Waals surface area contributed by atoms with E-state index in [4.69, 9.17) is 14.2 Å². The Kier molecular flexibility index (Phi) is 7.86. The van der Waals surface area contributed by atoms with Crippen LogP contribution in [-0.4, -0.2) is 36.6 Å². The molecule has 0 amide bonds.